The molecule has 0 spiro atoms. The molecule has 1 N–H and O–H groups in total. The first-order valence-electron chi connectivity index (χ1n) is 8.62. The van der Waals surface area contributed by atoms with Gasteiger partial charge in [-0.3, -0.25) is 14.9 Å². The molecule has 7 heteroatoms. The number of nitrogens with one attached hydrogen (secondary N) is 1. The summed E-state index contributed by atoms with van der Waals surface area (Å²) < 4.78 is 4.90. The normalized spacial score (nSPS) is 10.1. The predicted molar refractivity (Wildman–Crippen MR) is 107 cm³/mol. The molecule has 1 aromatic heterocycles. The Balaban J connectivity index is 1.82. The average molecular weight is 391 g/mol. The average Bonchev–Trinajstić information content (AvgIpc) is 3.14. The molecule has 3 aromatic rings. The number of ether oxygens (including phenoxy) is 1. The van der Waals surface area contributed by atoms with Crippen LogP contribution in [0.3, 0.4) is 0 Å². The molecular weight excluding hydrogens is 374 g/mol. The molecule has 0 unspecified atom stereocenters. The molecule has 0 aliphatic heterocycles. The van der Waals surface area contributed by atoms with E-state index < -0.39 is 0 Å². The Morgan fingerprint density at radius 2 is 1.86 bits per heavy atom. The Morgan fingerprint density at radius 3 is 2.61 bits per heavy atom. The van der Waals surface area contributed by atoms with Gasteiger partial charge in [-0.25, -0.2) is 4.98 Å². The Morgan fingerprint density at radius 1 is 1.14 bits per heavy atom. The summed E-state index contributed by atoms with van der Waals surface area (Å²) in [5, 5.41) is 14.2. The SMILES string of the molecule is CCOC(=O)Cc1csc(NC(=O)c2ccccc2-c2ccccc2C#N)n1. The van der Waals surface area contributed by atoms with Crippen molar-refractivity contribution in [2.75, 3.05) is 11.9 Å². The number of benzene rings is 2. The Bertz CT molecular complexity index is 1050. The molecule has 2 aromatic carbocycles. The number of carbonyl (C=O) groups excluding carboxylic acids is 2. The summed E-state index contributed by atoms with van der Waals surface area (Å²) >= 11 is 1.24. The van der Waals surface area contributed by atoms with Crippen molar-refractivity contribution >= 4 is 28.3 Å². The van der Waals surface area contributed by atoms with Crippen LogP contribution in [0.4, 0.5) is 5.13 Å². The van der Waals surface area contributed by atoms with E-state index in [0.29, 0.717) is 39.7 Å². The molecular formula is C21H17N3O3S. The van der Waals surface area contributed by atoms with Gasteiger partial charge in [-0.15, -0.1) is 11.3 Å². The molecule has 0 bridgehead atoms. The third-order valence-corrected chi connectivity index (χ3v) is 4.72. The smallest absolute Gasteiger partial charge is 0.311 e. The zero-order valence-electron chi connectivity index (χ0n) is 15.1. The zero-order chi connectivity index (χ0) is 19.9. The number of anilines is 1. The summed E-state index contributed by atoms with van der Waals surface area (Å²) in [6, 6.07) is 16.4. The third-order valence-electron chi connectivity index (χ3n) is 3.91. The number of hydrogen-bond donors (Lipinski definition) is 1. The van der Waals surface area contributed by atoms with Crippen LogP contribution in [0.2, 0.25) is 0 Å². The van der Waals surface area contributed by atoms with Crippen molar-refractivity contribution < 1.29 is 14.3 Å². The summed E-state index contributed by atoms with van der Waals surface area (Å²) in [5.41, 5.74) is 2.83. The molecule has 0 fully saturated rings. The molecule has 0 saturated heterocycles. The third kappa shape index (κ3) is 4.42. The standard InChI is InChI=1S/C21H17N3O3S/c1-2-27-19(25)11-15-13-28-21(23-15)24-20(26)18-10-6-5-9-17(18)16-8-4-3-7-14(16)12-22/h3-10,13H,2,11H2,1H3,(H,23,24,26). The summed E-state index contributed by atoms with van der Waals surface area (Å²) in [5.74, 6) is -0.690. The Kier molecular flexibility index (Phi) is 6.14. The zero-order valence-corrected chi connectivity index (χ0v) is 16.0. The molecule has 1 amide bonds. The summed E-state index contributed by atoms with van der Waals surface area (Å²) in [7, 11) is 0. The first kappa shape index (κ1) is 19.3. The van der Waals surface area contributed by atoms with Crippen molar-refractivity contribution in [2.45, 2.75) is 13.3 Å². The second-order valence-electron chi connectivity index (χ2n) is 5.78. The molecule has 0 atom stereocenters. The van der Waals surface area contributed by atoms with Crippen molar-refractivity contribution in [1.29, 1.82) is 5.26 Å². The summed E-state index contributed by atoms with van der Waals surface area (Å²) in [4.78, 5) is 28.6. The quantitative estimate of drug-likeness (QED) is 0.640. The van der Waals surface area contributed by atoms with Gasteiger partial charge in [0.05, 0.1) is 30.4 Å². The van der Waals surface area contributed by atoms with E-state index in [9.17, 15) is 14.9 Å². The highest BCUT2D eigenvalue weighted by atomic mass is 32.1. The number of aromatic nitrogens is 1. The van der Waals surface area contributed by atoms with E-state index in [1.165, 1.54) is 11.3 Å². The lowest BCUT2D eigenvalue weighted by Gasteiger charge is -2.10. The summed E-state index contributed by atoms with van der Waals surface area (Å²) in [6.45, 7) is 2.06. The molecule has 1 heterocycles. The monoisotopic (exact) mass is 391 g/mol. The van der Waals surface area contributed by atoms with Gasteiger partial charge in [0.25, 0.3) is 5.91 Å². The lowest BCUT2D eigenvalue weighted by atomic mass is 9.95. The number of amides is 1. The first-order chi connectivity index (χ1) is 13.6. The molecule has 140 valence electrons. The number of esters is 1. The molecule has 0 aliphatic carbocycles. The van der Waals surface area contributed by atoms with Gasteiger partial charge in [-0.1, -0.05) is 36.4 Å². The van der Waals surface area contributed by atoms with Gasteiger partial charge in [-0.05, 0) is 24.6 Å². The van der Waals surface area contributed by atoms with Crippen LogP contribution in [0.25, 0.3) is 11.1 Å². The van der Waals surface area contributed by atoms with Gasteiger partial charge < -0.3 is 4.74 Å². The van der Waals surface area contributed by atoms with Crippen LogP contribution in [-0.4, -0.2) is 23.5 Å². The van der Waals surface area contributed by atoms with E-state index in [4.69, 9.17) is 4.74 Å². The number of nitriles is 1. The number of carbonyl (C=O) groups is 2. The van der Waals surface area contributed by atoms with Crippen LogP contribution in [0, 0.1) is 11.3 Å². The van der Waals surface area contributed by atoms with Crippen LogP contribution in [0.1, 0.15) is 28.5 Å². The fourth-order valence-electron chi connectivity index (χ4n) is 2.70. The van der Waals surface area contributed by atoms with Gasteiger partial charge in [0.1, 0.15) is 0 Å². The van der Waals surface area contributed by atoms with Crippen LogP contribution in [-0.2, 0) is 16.0 Å². The number of hydrogen-bond acceptors (Lipinski definition) is 6. The van der Waals surface area contributed by atoms with Gasteiger partial charge >= 0.3 is 5.97 Å². The highest BCUT2D eigenvalue weighted by Crippen LogP contribution is 2.28. The van der Waals surface area contributed by atoms with Gasteiger partial charge in [0.2, 0.25) is 0 Å². The highest BCUT2D eigenvalue weighted by Gasteiger charge is 2.16. The first-order valence-corrected chi connectivity index (χ1v) is 9.50. The van der Waals surface area contributed by atoms with Crippen molar-refractivity contribution in [1.82, 2.24) is 4.98 Å². The second kappa shape index (κ2) is 8.93. The topological polar surface area (TPSA) is 92.1 Å². The minimum atomic E-state index is -0.357. The van der Waals surface area contributed by atoms with Crippen molar-refractivity contribution in [2.24, 2.45) is 0 Å². The fourth-order valence-corrected chi connectivity index (χ4v) is 3.41. The number of rotatable bonds is 6. The van der Waals surface area contributed by atoms with Gasteiger partial charge in [-0.2, -0.15) is 5.26 Å². The van der Waals surface area contributed by atoms with Crippen LogP contribution >= 0.6 is 11.3 Å². The largest absolute Gasteiger partial charge is 0.466 e. The molecule has 3 rings (SSSR count). The van der Waals surface area contributed by atoms with Crippen molar-refractivity contribution in [3.05, 3.63) is 70.7 Å². The van der Waals surface area contributed by atoms with E-state index in [0.717, 1.165) is 0 Å². The fraction of sp³-hybridized carbons (Fsp3) is 0.143. The Hall–Kier alpha value is -3.50. The Labute approximate surface area is 166 Å². The highest BCUT2D eigenvalue weighted by molar-refractivity contribution is 7.14. The maximum Gasteiger partial charge on any atom is 0.311 e. The van der Waals surface area contributed by atoms with Crippen molar-refractivity contribution in [3.8, 4) is 17.2 Å². The maximum atomic E-state index is 12.8. The van der Waals surface area contributed by atoms with Crippen LogP contribution in [0.5, 0.6) is 0 Å². The van der Waals surface area contributed by atoms with Gasteiger partial charge in [0.15, 0.2) is 5.13 Å². The number of thiazole rings is 1. The van der Waals surface area contributed by atoms with Crippen LogP contribution < -0.4 is 5.32 Å². The predicted octanol–water partition coefficient (Wildman–Crippen LogP) is 4.04. The van der Waals surface area contributed by atoms with E-state index in [2.05, 4.69) is 16.4 Å². The summed E-state index contributed by atoms with van der Waals surface area (Å²) in [6.07, 6.45) is 0.0618. The van der Waals surface area contributed by atoms with E-state index in [1.807, 2.05) is 18.2 Å². The molecule has 0 aliphatic rings. The van der Waals surface area contributed by atoms with Crippen LogP contribution in [0.15, 0.2) is 53.9 Å². The minimum Gasteiger partial charge on any atom is -0.466 e. The van der Waals surface area contributed by atoms with Gasteiger partial charge in [0, 0.05) is 16.5 Å². The molecule has 28 heavy (non-hydrogen) atoms. The van der Waals surface area contributed by atoms with E-state index in [1.54, 1.807) is 42.6 Å². The number of nitrogens with zero attached hydrogens (tertiary/aromatic N) is 2. The lowest BCUT2D eigenvalue weighted by Crippen LogP contribution is -2.13. The molecule has 6 nitrogen and oxygen atoms in total. The maximum absolute atomic E-state index is 12.8. The lowest BCUT2D eigenvalue weighted by molar-refractivity contribution is -0.142. The van der Waals surface area contributed by atoms with Crippen molar-refractivity contribution in [3.63, 3.8) is 0 Å². The van der Waals surface area contributed by atoms with E-state index >= 15 is 0 Å². The minimum absolute atomic E-state index is 0.0618. The molecule has 0 saturated carbocycles. The van der Waals surface area contributed by atoms with E-state index in [-0.39, 0.29) is 18.3 Å². The molecule has 0 radical (unpaired) electrons. The second-order valence-corrected chi connectivity index (χ2v) is 6.64.